The van der Waals surface area contributed by atoms with Gasteiger partial charge in [-0.15, -0.1) is 0 Å². The van der Waals surface area contributed by atoms with Gasteiger partial charge in [-0.2, -0.15) is 0 Å². The molecule has 0 saturated carbocycles. The van der Waals surface area contributed by atoms with Crippen LogP contribution in [0, 0.1) is 0 Å². The maximum Gasteiger partial charge on any atom is 0.240 e. The van der Waals surface area contributed by atoms with Crippen LogP contribution in [-0.4, -0.2) is 37.2 Å². The molecule has 0 atom stereocenters. The Kier molecular flexibility index (Phi) is 9.46. The van der Waals surface area contributed by atoms with Crippen molar-refractivity contribution >= 4 is 20.0 Å². The lowest BCUT2D eigenvalue weighted by Gasteiger charge is -2.22. The van der Waals surface area contributed by atoms with E-state index in [9.17, 15) is 16.8 Å². The van der Waals surface area contributed by atoms with Crippen LogP contribution < -0.4 is 9.44 Å². The molecule has 0 bridgehead atoms. The zero-order valence-corrected chi connectivity index (χ0v) is 19.0. The van der Waals surface area contributed by atoms with Gasteiger partial charge in [0.2, 0.25) is 20.0 Å². The molecule has 1 rings (SSSR count). The second-order valence-electron chi connectivity index (χ2n) is 7.18. The first-order chi connectivity index (χ1) is 11.7. The predicted molar refractivity (Wildman–Crippen MR) is 109 cm³/mol. The summed E-state index contributed by atoms with van der Waals surface area (Å²) in [4.78, 5) is 0.467. The topological polar surface area (TPSA) is 92.3 Å². The highest BCUT2D eigenvalue weighted by molar-refractivity contribution is 7.89. The average Bonchev–Trinajstić information content (AvgIpc) is 2.53. The van der Waals surface area contributed by atoms with E-state index < -0.39 is 20.0 Å². The highest BCUT2D eigenvalue weighted by Gasteiger charge is 2.25. The fourth-order valence-electron chi connectivity index (χ4n) is 2.30. The molecule has 26 heavy (non-hydrogen) atoms. The Morgan fingerprint density at radius 2 is 1.08 bits per heavy atom. The van der Waals surface area contributed by atoms with Crippen molar-refractivity contribution in [3.63, 3.8) is 0 Å². The standard InChI is InChI=1S/C16H27NO2S.C2H7NO2S/c1-10(2)13-8-14(11(3)4)16(20(18,19)17-7)15(9-13)12(5)6;1-3-6(2,4)5/h8-12,17H,1-7H3;3H,1-2H3. The van der Waals surface area contributed by atoms with Gasteiger partial charge in [-0.3, -0.25) is 0 Å². The minimum absolute atomic E-state index is 0.171. The quantitative estimate of drug-likeness (QED) is 0.759. The van der Waals surface area contributed by atoms with Crippen LogP contribution in [0.4, 0.5) is 0 Å². The van der Waals surface area contributed by atoms with Gasteiger partial charge in [0.25, 0.3) is 0 Å². The van der Waals surface area contributed by atoms with Gasteiger partial charge in [0, 0.05) is 0 Å². The van der Waals surface area contributed by atoms with Gasteiger partial charge in [-0.25, -0.2) is 26.3 Å². The minimum Gasteiger partial charge on any atom is -0.219 e. The summed E-state index contributed by atoms with van der Waals surface area (Å²) in [6.07, 6.45) is 1.10. The van der Waals surface area contributed by atoms with Gasteiger partial charge in [0.1, 0.15) is 0 Å². The van der Waals surface area contributed by atoms with Crippen molar-refractivity contribution in [1.82, 2.24) is 9.44 Å². The molecule has 0 aromatic heterocycles. The van der Waals surface area contributed by atoms with E-state index in [0.717, 1.165) is 17.4 Å². The molecule has 0 saturated heterocycles. The monoisotopic (exact) mass is 406 g/mol. The summed E-state index contributed by atoms with van der Waals surface area (Å²) < 4.78 is 49.2. The zero-order chi connectivity index (χ0) is 20.9. The van der Waals surface area contributed by atoms with E-state index in [0.29, 0.717) is 10.8 Å². The van der Waals surface area contributed by atoms with Crippen LogP contribution in [0.15, 0.2) is 17.0 Å². The number of nitrogens with one attached hydrogen (secondary N) is 2. The molecule has 0 fully saturated rings. The van der Waals surface area contributed by atoms with E-state index in [1.165, 1.54) is 19.7 Å². The van der Waals surface area contributed by atoms with Crippen LogP contribution >= 0.6 is 0 Å². The van der Waals surface area contributed by atoms with Crippen molar-refractivity contribution in [2.75, 3.05) is 20.4 Å². The highest BCUT2D eigenvalue weighted by Crippen LogP contribution is 2.34. The largest absolute Gasteiger partial charge is 0.240 e. The molecule has 0 aliphatic heterocycles. The van der Waals surface area contributed by atoms with Crippen LogP contribution in [-0.2, 0) is 20.0 Å². The number of hydrogen-bond donors (Lipinski definition) is 2. The van der Waals surface area contributed by atoms with Crippen molar-refractivity contribution in [3.8, 4) is 0 Å². The van der Waals surface area contributed by atoms with E-state index in [-0.39, 0.29) is 11.8 Å². The van der Waals surface area contributed by atoms with Crippen LogP contribution in [0.1, 0.15) is 76.0 Å². The molecule has 6 nitrogen and oxygen atoms in total. The van der Waals surface area contributed by atoms with E-state index in [2.05, 4.69) is 23.3 Å². The number of hydrogen-bond acceptors (Lipinski definition) is 4. The first-order valence-corrected chi connectivity index (χ1v) is 12.0. The molecule has 0 aliphatic carbocycles. The van der Waals surface area contributed by atoms with Crippen molar-refractivity contribution in [1.29, 1.82) is 0 Å². The molecule has 0 spiro atoms. The Morgan fingerprint density at radius 1 is 0.731 bits per heavy atom. The number of benzene rings is 1. The Morgan fingerprint density at radius 3 is 1.27 bits per heavy atom. The normalized spacial score (nSPS) is 12.5. The molecule has 2 N–H and O–H groups in total. The zero-order valence-electron chi connectivity index (χ0n) is 17.3. The highest BCUT2D eigenvalue weighted by atomic mass is 32.2. The van der Waals surface area contributed by atoms with Crippen LogP contribution in [0.25, 0.3) is 0 Å². The van der Waals surface area contributed by atoms with Gasteiger partial charge < -0.3 is 0 Å². The molecule has 152 valence electrons. The summed E-state index contributed by atoms with van der Waals surface area (Å²) >= 11 is 0. The average molecular weight is 407 g/mol. The lowest BCUT2D eigenvalue weighted by molar-refractivity contribution is 0.582. The summed E-state index contributed by atoms with van der Waals surface area (Å²) in [5, 5.41) is 0. The molecule has 1 aromatic carbocycles. The van der Waals surface area contributed by atoms with Crippen molar-refractivity contribution in [2.24, 2.45) is 0 Å². The maximum absolute atomic E-state index is 12.4. The molecule has 8 heteroatoms. The number of sulfonamides is 2. The summed E-state index contributed by atoms with van der Waals surface area (Å²) in [5.41, 5.74) is 3.02. The smallest absolute Gasteiger partial charge is 0.219 e. The SMILES string of the molecule is CNS(=O)(=O)c1c(C(C)C)cc(C(C)C)cc1C(C)C.CNS(C)(=O)=O. The molecule has 0 aliphatic rings. The first kappa shape index (κ1) is 25.0. The van der Waals surface area contributed by atoms with E-state index in [1.54, 1.807) is 0 Å². The van der Waals surface area contributed by atoms with Gasteiger partial charge in [-0.1, -0.05) is 53.7 Å². The van der Waals surface area contributed by atoms with Crippen LogP contribution in [0.3, 0.4) is 0 Å². The fraction of sp³-hybridized carbons (Fsp3) is 0.667. The first-order valence-electron chi connectivity index (χ1n) is 8.67. The molecule has 0 amide bonds. The molecule has 0 unspecified atom stereocenters. The summed E-state index contributed by atoms with van der Waals surface area (Å²) in [5.74, 6) is 0.727. The van der Waals surface area contributed by atoms with Crippen molar-refractivity contribution in [3.05, 3.63) is 28.8 Å². The molecular weight excluding hydrogens is 372 g/mol. The Bertz CT molecular complexity index is 767. The molecule has 1 aromatic rings. The second-order valence-corrected chi connectivity index (χ2v) is 11.0. The molecule has 0 heterocycles. The molecular formula is C18H34N2O4S2. The summed E-state index contributed by atoms with van der Waals surface area (Å²) in [6, 6.07) is 4.09. The predicted octanol–water partition coefficient (Wildman–Crippen LogP) is 3.13. The third-order valence-electron chi connectivity index (χ3n) is 3.99. The lowest BCUT2D eigenvalue weighted by atomic mass is 9.89. The van der Waals surface area contributed by atoms with Gasteiger partial charge in [-0.05, 0) is 48.5 Å². The minimum atomic E-state index is -3.44. The number of rotatable bonds is 6. The van der Waals surface area contributed by atoms with Crippen molar-refractivity contribution in [2.45, 2.75) is 64.2 Å². The lowest BCUT2D eigenvalue weighted by Crippen LogP contribution is -2.23. The molecule has 0 radical (unpaired) electrons. The van der Waals surface area contributed by atoms with Crippen LogP contribution in [0.2, 0.25) is 0 Å². The van der Waals surface area contributed by atoms with Crippen LogP contribution in [0.5, 0.6) is 0 Å². The van der Waals surface area contributed by atoms with E-state index >= 15 is 0 Å². The van der Waals surface area contributed by atoms with Gasteiger partial charge >= 0.3 is 0 Å². The van der Waals surface area contributed by atoms with E-state index in [4.69, 9.17) is 0 Å². The van der Waals surface area contributed by atoms with E-state index in [1.807, 2.05) is 39.8 Å². The Labute approximate surface area is 159 Å². The second kappa shape index (κ2) is 9.82. The summed E-state index contributed by atoms with van der Waals surface area (Å²) in [6.45, 7) is 12.4. The van der Waals surface area contributed by atoms with Crippen molar-refractivity contribution < 1.29 is 16.8 Å². The fourth-order valence-corrected chi connectivity index (χ4v) is 3.72. The third-order valence-corrected chi connectivity index (χ3v) is 6.28. The van der Waals surface area contributed by atoms with Gasteiger partial charge in [0.15, 0.2) is 0 Å². The Balaban J connectivity index is 0.000000896. The van der Waals surface area contributed by atoms with Gasteiger partial charge in [0.05, 0.1) is 11.2 Å². The maximum atomic E-state index is 12.4. The Hall–Kier alpha value is -0.960. The third kappa shape index (κ3) is 7.34. The summed E-state index contributed by atoms with van der Waals surface area (Å²) in [7, 11) is -3.51.